The van der Waals surface area contributed by atoms with E-state index in [9.17, 15) is 9.59 Å². The fourth-order valence-corrected chi connectivity index (χ4v) is 2.61. The Morgan fingerprint density at radius 1 is 1.04 bits per heavy atom. The maximum Gasteiger partial charge on any atom is 0.272 e. The second-order valence-corrected chi connectivity index (χ2v) is 5.67. The van der Waals surface area contributed by atoms with Gasteiger partial charge in [0.05, 0.1) is 0 Å². The van der Waals surface area contributed by atoms with Gasteiger partial charge >= 0.3 is 0 Å². The van der Waals surface area contributed by atoms with Gasteiger partial charge in [0.15, 0.2) is 0 Å². The van der Waals surface area contributed by atoms with Crippen molar-refractivity contribution in [3.63, 3.8) is 0 Å². The summed E-state index contributed by atoms with van der Waals surface area (Å²) in [6.45, 7) is 3.04. The summed E-state index contributed by atoms with van der Waals surface area (Å²) in [7, 11) is 0. The molecule has 124 valence electrons. The van der Waals surface area contributed by atoms with E-state index in [1.54, 1.807) is 18.2 Å². The maximum atomic E-state index is 12.4. The third-order valence-electron chi connectivity index (χ3n) is 3.76. The highest BCUT2D eigenvalue weighted by atomic mass is 16.2. The Bertz CT molecular complexity index is 739. The average molecular weight is 325 g/mol. The molecule has 1 aromatic heterocycles. The third-order valence-corrected chi connectivity index (χ3v) is 3.76. The molecule has 0 bridgehead atoms. The smallest absolute Gasteiger partial charge is 0.272 e. The maximum absolute atomic E-state index is 12.4. The number of amides is 2. The molecule has 2 amide bonds. The van der Waals surface area contributed by atoms with Crippen molar-refractivity contribution in [3.8, 4) is 0 Å². The third kappa shape index (κ3) is 3.87. The summed E-state index contributed by atoms with van der Waals surface area (Å²) >= 11 is 0. The fraction of sp³-hybridized carbons (Fsp3) is 0.294. The van der Waals surface area contributed by atoms with Gasteiger partial charge in [-0.05, 0) is 37.1 Å². The van der Waals surface area contributed by atoms with Crippen LogP contribution in [-0.4, -0.2) is 39.8 Å². The molecule has 0 aliphatic carbocycles. The molecular formula is C17H19N5O2. The van der Waals surface area contributed by atoms with E-state index in [0.717, 1.165) is 37.3 Å². The standard InChI is InChI=1S/C17H19N5O2/c1-12(23)20-13-4-6-14(7-5-13)21-16-10-15(18-11-19-16)17(24)22-8-2-3-9-22/h4-7,10-11H,2-3,8-9H2,1H3,(H,20,23)(H,18,19,21). The van der Waals surface area contributed by atoms with E-state index in [-0.39, 0.29) is 11.8 Å². The summed E-state index contributed by atoms with van der Waals surface area (Å²) in [5.74, 6) is 0.385. The molecule has 2 N–H and O–H groups in total. The highest BCUT2D eigenvalue weighted by Crippen LogP contribution is 2.19. The monoisotopic (exact) mass is 325 g/mol. The van der Waals surface area contributed by atoms with Gasteiger partial charge in [0.25, 0.3) is 5.91 Å². The molecule has 0 spiro atoms. The quantitative estimate of drug-likeness (QED) is 0.901. The van der Waals surface area contributed by atoms with Crippen LogP contribution in [0.5, 0.6) is 0 Å². The molecule has 7 heteroatoms. The zero-order valence-electron chi connectivity index (χ0n) is 13.5. The number of hydrogen-bond acceptors (Lipinski definition) is 5. The number of hydrogen-bond donors (Lipinski definition) is 2. The van der Waals surface area contributed by atoms with Gasteiger partial charge in [-0.2, -0.15) is 0 Å². The highest BCUT2D eigenvalue weighted by molar-refractivity contribution is 5.93. The zero-order valence-corrected chi connectivity index (χ0v) is 13.5. The lowest BCUT2D eigenvalue weighted by Crippen LogP contribution is -2.28. The van der Waals surface area contributed by atoms with E-state index in [2.05, 4.69) is 20.6 Å². The van der Waals surface area contributed by atoms with Gasteiger partial charge in [-0.25, -0.2) is 9.97 Å². The van der Waals surface area contributed by atoms with Crippen molar-refractivity contribution in [2.24, 2.45) is 0 Å². The minimum absolute atomic E-state index is 0.0565. The number of nitrogens with one attached hydrogen (secondary N) is 2. The largest absolute Gasteiger partial charge is 0.340 e. The van der Waals surface area contributed by atoms with Gasteiger partial charge in [0.1, 0.15) is 17.8 Å². The summed E-state index contributed by atoms with van der Waals surface area (Å²) in [6, 6.07) is 8.90. The lowest BCUT2D eigenvalue weighted by Gasteiger charge is -2.14. The summed E-state index contributed by atoms with van der Waals surface area (Å²) in [6.07, 6.45) is 3.47. The Balaban J connectivity index is 1.70. The number of anilines is 3. The number of nitrogens with zero attached hydrogens (tertiary/aromatic N) is 3. The van der Waals surface area contributed by atoms with E-state index in [0.29, 0.717) is 11.5 Å². The van der Waals surface area contributed by atoms with Crippen molar-refractivity contribution in [2.45, 2.75) is 19.8 Å². The summed E-state index contributed by atoms with van der Waals surface area (Å²) in [5.41, 5.74) is 1.92. The Morgan fingerprint density at radius 2 is 1.71 bits per heavy atom. The van der Waals surface area contributed by atoms with Crippen molar-refractivity contribution in [2.75, 3.05) is 23.7 Å². The molecule has 7 nitrogen and oxygen atoms in total. The van der Waals surface area contributed by atoms with Crippen LogP contribution in [0.4, 0.5) is 17.2 Å². The first kappa shape index (κ1) is 15.9. The average Bonchev–Trinajstić information content (AvgIpc) is 3.10. The Kier molecular flexibility index (Phi) is 4.69. The normalized spacial score (nSPS) is 13.6. The SMILES string of the molecule is CC(=O)Nc1ccc(Nc2cc(C(=O)N3CCCC3)ncn2)cc1. The van der Waals surface area contributed by atoms with Crippen LogP contribution in [0, 0.1) is 0 Å². The number of carbonyl (C=O) groups is 2. The molecule has 1 aromatic carbocycles. The van der Waals surface area contributed by atoms with E-state index in [4.69, 9.17) is 0 Å². The van der Waals surface area contributed by atoms with Crippen molar-refractivity contribution >= 4 is 29.0 Å². The summed E-state index contributed by atoms with van der Waals surface area (Å²) in [4.78, 5) is 33.4. The van der Waals surface area contributed by atoms with Crippen LogP contribution in [0.25, 0.3) is 0 Å². The topological polar surface area (TPSA) is 87.2 Å². The number of rotatable bonds is 4. The van der Waals surface area contributed by atoms with Crippen molar-refractivity contribution in [1.29, 1.82) is 0 Å². The van der Waals surface area contributed by atoms with Gasteiger partial charge in [-0.15, -0.1) is 0 Å². The molecule has 2 heterocycles. The number of carbonyl (C=O) groups excluding carboxylic acids is 2. The predicted octanol–water partition coefficient (Wildman–Crippen LogP) is 2.41. The van der Waals surface area contributed by atoms with Crippen LogP contribution in [0.3, 0.4) is 0 Å². The zero-order chi connectivity index (χ0) is 16.9. The van der Waals surface area contributed by atoms with E-state index >= 15 is 0 Å². The minimum atomic E-state index is -0.114. The number of aromatic nitrogens is 2. The van der Waals surface area contributed by atoms with Crippen LogP contribution in [0.15, 0.2) is 36.7 Å². The molecule has 2 aromatic rings. The van der Waals surface area contributed by atoms with Crippen molar-refractivity contribution in [1.82, 2.24) is 14.9 Å². The molecule has 0 atom stereocenters. The van der Waals surface area contributed by atoms with Crippen LogP contribution in [-0.2, 0) is 4.79 Å². The number of benzene rings is 1. The second kappa shape index (κ2) is 7.08. The molecule has 1 fully saturated rings. The number of likely N-dealkylation sites (tertiary alicyclic amines) is 1. The molecule has 0 unspecified atom stereocenters. The van der Waals surface area contributed by atoms with Crippen LogP contribution in [0.1, 0.15) is 30.3 Å². The van der Waals surface area contributed by atoms with Crippen LogP contribution in [0.2, 0.25) is 0 Å². The van der Waals surface area contributed by atoms with Gasteiger partial charge in [-0.3, -0.25) is 9.59 Å². The molecular weight excluding hydrogens is 306 g/mol. The molecule has 24 heavy (non-hydrogen) atoms. The van der Waals surface area contributed by atoms with Crippen LogP contribution < -0.4 is 10.6 Å². The minimum Gasteiger partial charge on any atom is -0.340 e. The van der Waals surface area contributed by atoms with Crippen molar-refractivity contribution in [3.05, 3.63) is 42.4 Å². The van der Waals surface area contributed by atoms with E-state index in [1.165, 1.54) is 13.3 Å². The lowest BCUT2D eigenvalue weighted by atomic mass is 10.2. The molecule has 0 radical (unpaired) electrons. The Morgan fingerprint density at radius 3 is 2.38 bits per heavy atom. The lowest BCUT2D eigenvalue weighted by molar-refractivity contribution is -0.114. The van der Waals surface area contributed by atoms with Crippen LogP contribution >= 0.6 is 0 Å². The van der Waals surface area contributed by atoms with Gasteiger partial charge in [0.2, 0.25) is 5.91 Å². The predicted molar refractivity (Wildman–Crippen MR) is 91.2 cm³/mol. The van der Waals surface area contributed by atoms with Gasteiger partial charge in [0, 0.05) is 37.5 Å². The summed E-state index contributed by atoms with van der Waals surface area (Å²) in [5, 5.41) is 5.84. The first-order valence-corrected chi connectivity index (χ1v) is 7.88. The van der Waals surface area contributed by atoms with Gasteiger partial charge in [-0.1, -0.05) is 0 Å². The summed E-state index contributed by atoms with van der Waals surface area (Å²) < 4.78 is 0. The highest BCUT2D eigenvalue weighted by Gasteiger charge is 2.20. The first-order chi connectivity index (χ1) is 11.6. The second-order valence-electron chi connectivity index (χ2n) is 5.67. The molecule has 1 aliphatic heterocycles. The Labute approximate surface area is 140 Å². The Hall–Kier alpha value is -2.96. The van der Waals surface area contributed by atoms with E-state index < -0.39 is 0 Å². The molecule has 1 aliphatic rings. The molecule has 3 rings (SSSR count). The molecule has 0 saturated carbocycles. The van der Waals surface area contributed by atoms with Crippen molar-refractivity contribution < 1.29 is 9.59 Å². The first-order valence-electron chi connectivity index (χ1n) is 7.88. The molecule has 1 saturated heterocycles. The van der Waals surface area contributed by atoms with Gasteiger partial charge < -0.3 is 15.5 Å². The fourth-order valence-electron chi connectivity index (χ4n) is 2.61. The van der Waals surface area contributed by atoms with E-state index in [1.807, 2.05) is 17.0 Å².